The summed E-state index contributed by atoms with van der Waals surface area (Å²) in [6.07, 6.45) is 2.99. The third-order valence-corrected chi connectivity index (χ3v) is 6.30. The van der Waals surface area contributed by atoms with E-state index in [0.717, 1.165) is 30.4 Å². The molecule has 2 nitrogen and oxygen atoms in total. The van der Waals surface area contributed by atoms with Gasteiger partial charge in [-0.15, -0.1) is 0 Å². The van der Waals surface area contributed by atoms with E-state index in [1.165, 1.54) is 16.7 Å². The average molecular weight is 367 g/mol. The van der Waals surface area contributed by atoms with Gasteiger partial charge in [-0.1, -0.05) is 67.9 Å². The average Bonchev–Trinajstić information content (AvgIpc) is 2.74. The highest BCUT2D eigenvalue weighted by Crippen LogP contribution is 2.47. The molecule has 0 radical (unpaired) electrons. The van der Waals surface area contributed by atoms with Crippen molar-refractivity contribution in [1.82, 2.24) is 0 Å². The van der Waals surface area contributed by atoms with Gasteiger partial charge in [0.1, 0.15) is 5.75 Å². The summed E-state index contributed by atoms with van der Waals surface area (Å²) in [7, 11) is 0. The number of aromatic hydroxyl groups is 1. The molecular weight excluding hydrogens is 342 g/mol. The van der Waals surface area contributed by atoms with Gasteiger partial charge in [0, 0.05) is 0 Å². The van der Waals surface area contributed by atoms with Gasteiger partial charge in [0.25, 0.3) is 0 Å². The van der Waals surface area contributed by atoms with E-state index in [0.29, 0.717) is 23.5 Å². The predicted molar refractivity (Wildman–Crippen MR) is 112 cm³/mol. The van der Waals surface area contributed by atoms with Crippen molar-refractivity contribution in [1.29, 1.82) is 5.26 Å². The van der Waals surface area contributed by atoms with Crippen LogP contribution in [-0.4, -0.2) is 5.11 Å². The molecular formula is C26H25NO. The number of benzene rings is 3. The standard InChI is InChI=1S/C26H25NO/c1-2-23-25(18-11-13-22(28)14-12-18)16-20-8-5-6-10-24(20)26(23)15-19-7-3-4-9-21(19)17-27/h3-14,23,25-26,28H,2,15-16H2,1H3. The van der Waals surface area contributed by atoms with E-state index < -0.39 is 0 Å². The lowest BCUT2D eigenvalue weighted by Gasteiger charge is -2.40. The van der Waals surface area contributed by atoms with Gasteiger partial charge in [-0.05, 0) is 71.0 Å². The molecule has 3 aromatic rings. The highest BCUT2D eigenvalue weighted by atomic mass is 16.3. The molecule has 0 amide bonds. The van der Waals surface area contributed by atoms with E-state index in [2.05, 4.69) is 55.5 Å². The molecule has 0 fully saturated rings. The lowest BCUT2D eigenvalue weighted by molar-refractivity contribution is 0.312. The van der Waals surface area contributed by atoms with Crippen molar-refractivity contribution in [2.24, 2.45) is 5.92 Å². The lowest BCUT2D eigenvalue weighted by atomic mass is 9.64. The molecule has 3 aromatic carbocycles. The number of phenols is 1. The lowest BCUT2D eigenvalue weighted by Crippen LogP contribution is -2.29. The summed E-state index contributed by atoms with van der Waals surface area (Å²) in [4.78, 5) is 0. The maximum Gasteiger partial charge on any atom is 0.115 e. The Labute approximate surface area is 167 Å². The molecule has 1 aliphatic carbocycles. The molecule has 1 N–H and O–H groups in total. The molecule has 3 unspecified atom stereocenters. The maximum atomic E-state index is 9.71. The second kappa shape index (κ2) is 7.90. The minimum Gasteiger partial charge on any atom is -0.508 e. The zero-order chi connectivity index (χ0) is 19.5. The zero-order valence-corrected chi connectivity index (χ0v) is 16.2. The normalized spacial score (nSPS) is 20.9. The fraction of sp³-hybridized carbons (Fsp3) is 0.269. The smallest absolute Gasteiger partial charge is 0.115 e. The Kier molecular flexibility index (Phi) is 5.17. The number of fused-ring (bicyclic) bond motifs is 1. The Morgan fingerprint density at radius 1 is 0.964 bits per heavy atom. The van der Waals surface area contributed by atoms with E-state index >= 15 is 0 Å². The molecule has 1 aliphatic rings. The molecule has 0 saturated carbocycles. The summed E-state index contributed by atoms with van der Waals surface area (Å²) in [6, 6.07) is 26.8. The van der Waals surface area contributed by atoms with Crippen molar-refractivity contribution < 1.29 is 5.11 Å². The van der Waals surface area contributed by atoms with Crippen LogP contribution in [0.25, 0.3) is 0 Å². The first-order chi connectivity index (χ1) is 13.7. The first kappa shape index (κ1) is 18.3. The van der Waals surface area contributed by atoms with Crippen LogP contribution in [0.4, 0.5) is 0 Å². The van der Waals surface area contributed by atoms with Crippen LogP contribution in [0.1, 0.15) is 53.0 Å². The Morgan fingerprint density at radius 3 is 2.43 bits per heavy atom. The zero-order valence-electron chi connectivity index (χ0n) is 16.2. The Morgan fingerprint density at radius 2 is 1.68 bits per heavy atom. The van der Waals surface area contributed by atoms with Gasteiger partial charge in [-0.25, -0.2) is 0 Å². The van der Waals surface area contributed by atoms with Gasteiger partial charge in [0.05, 0.1) is 11.6 Å². The van der Waals surface area contributed by atoms with Crippen LogP contribution in [0, 0.1) is 17.2 Å². The van der Waals surface area contributed by atoms with E-state index in [-0.39, 0.29) is 0 Å². The topological polar surface area (TPSA) is 44.0 Å². The first-order valence-corrected chi connectivity index (χ1v) is 10.1. The van der Waals surface area contributed by atoms with Crippen molar-refractivity contribution in [3.63, 3.8) is 0 Å². The van der Waals surface area contributed by atoms with Gasteiger partial charge >= 0.3 is 0 Å². The molecule has 0 aromatic heterocycles. The Bertz CT molecular complexity index is 999. The number of hydrogen-bond donors (Lipinski definition) is 1. The fourth-order valence-electron chi connectivity index (χ4n) is 4.94. The van der Waals surface area contributed by atoms with Crippen LogP contribution >= 0.6 is 0 Å². The highest BCUT2D eigenvalue weighted by molar-refractivity contribution is 5.43. The van der Waals surface area contributed by atoms with E-state index in [9.17, 15) is 10.4 Å². The van der Waals surface area contributed by atoms with E-state index in [1.807, 2.05) is 18.2 Å². The highest BCUT2D eigenvalue weighted by Gasteiger charge is 2.36. The second-order valence-corrected chi connectivity index (χ2v) is 7.75. The summed E-state index contributed by atoms with van der Waals surface area (Å²) >= 11 is 0. The summed E-state index contributed by atoms with van der Waals surface area (Å²) in [6.45, 7) is 2.27. The van der Waals surface area contributed by atoms with Crippen molar-refractivity contribution in [3.05, 3.63) is 101 Å². The van der Waals surface area contributed by atoms with Gasteiger partial charge in [-0.2, -0.15) is 5.26 Å². The van der Waals surface area contributed by atoms with Crippen LogP contribution in [0.3, 0.4) is 0 Å². The first-order valence-electron chi connectivity index (χ1n) is 10.1. The van der Waals surface area contributed by atoms with E-state index in [4.69, 9.17) is 0 Å². The van der Waals surface area contributed by atoms with Crippen LogP contribution in [0.15, 0.2) is 72.8 Å². The third-order valence-electron chi connectivity index (χ3n) is 6.30. The molecule has 0 aliphatic heterocycles. The Hall–Kier alpha value is -3.05. The molecule has 3 atom stereocenters. The summed E-state index contributed by atoms with van der Waals surface area (Å²) in [5, 5.41) is 19.3. The molecule has 0 spiro atoms. The molecule has 0 heterocycles. The minimum atomic E-state index is 0.313. The van der Waals surface area contributed by atoms with Crippen molar-refractivity contribution in [2.75, 3.05) is 0 Å². The third kappa shape index (κ3) is 3.41. The van der Waals surface area contributed by atoms with Crippen molar-refractivity contribution in [3.8, 4) is 11.8 Å². The summed E-state index contributed by atoms with van der Waals surface area (Å²) in [5.41, 5.74) is 6.04. The summed E-state index contributed by atoms with van der Waals surface area (Å²) in [5.74, 6) is 1.60. The van der Waals surface area contributed by atoms with Crippen LogP contribution in [0.5, 0.6) is 5.75 Å². The van der Waals surface area contributed by atoms with Crippen LogP contribution in [-0.2, 0) is 12.8 Å². The van der Waals surface area contributed by atoms with E-state index in [1.54, 1.807) is 12.1 Å². The molecule has 0 bridgehead atoms. The largest absolute Gasteiger partial charge is 0.508 e. The SMILES string of the molecule is CCC1C(c2ccc(O)cc2)Cc2ccccc2C1Cc1ccccc1C#N. The predicted octanol–water partition coefficient (Wildman–Crippen LogP) is 5.96. The summed E-state index contributed by atoms with van der Waals surface area (Å²) < 4.78 is 0. The fourth-order valence-corrected chi connectivity index (χ4v) is 4.94. The molecule has 2 heteroatoms. The number of phenolic OH excluding ortho intramolecular Hbond substituents is 1. The minimum absolute atomic E-state index is 0.313. The van der Waals surface area contributed by atoms with Crippen LogP contribution < -0.4 is 0 Å². The Balaban J connectivity index is 1.78. The number of hydrogen-bond acceptors (Lipinski definition) is 2. The number of nitrogens with zero attached hydrogens (tertiary/aromatic N) is 1. The second-order valence-electron chi connectivity index (χ2n) is 7.75. The van der Waals surface area contributed by atoms with Crippen molar-refractivity contribution in [2.45, 2.75) is 38.0 Å². The quantitative estimate of drug-likeness (QED) is 0.618. The molecule has 28 heavy (non-hydrogen) atoms. The van der Waals surface area contributed by atoms with Crippen molar-refractivity contribution >= 4 is 0 Å². The molecule has 4 rings (SSSR count). The molecule has 140 valence electrons. The monoisotopic (exact) mass is 367 g/mol. The maximum absolute atomic E-state index is 9.71. The number of nitriles is 1. The van der Waals surface area contributed by atoms with Crippen LogP contribution in [0.2, 0.25) is 0 Å². The molecule has 0 saturated heterocycles. The number of rotatable bonds is 4. The van der Waals surface area contributed by atoms with Gasteiger partial charge in [-0.3, -0.25) is 0 Å². The van der Waals surface area contributed by atoms with Gasteiger partial charge < -0.3 is 5.11 Å². The van der Waals surface area contributed by atoms with Gasteiger partial charge in [0.2, 0.25) is 0 Å². The van der Waals surface area contributed by atoms with Gasteiger partial charge in [0.15, 0.2) is 0 Å².